The lowest BCUT2D eigenvalue weighted by atomic mass is 9.83. The van der Waals surface area contributed by atoms with Crippen LogP contribution < -0.4 is 0 Å². The topological polar surface area (TPSA) is 17.1 Å². The van der Waals surface area contributed by atoms with Gasteiger partial charge in [0.1, 0.15) is 0 Å². The molecule has 0 amide bonds. The van der Waals surface area contributed by atoms with Gasteiger partial charge in [-0.3, -0.25) is 4.57 Å². The molecule has 4 heteroatoms. The van der Waals surface area contributed by atoms with E-state index in [0.717, 1.165) is 0 Å². The predicted molar refractivity (Wildman–Crippen MR) is 52.8 cm³/mol. The standard InChI is InChI=1S/C7H15Cl2OP/c1-6(7(2,3)4)5-11(8,9)10/h6H,5H2,1-4H3. The zero-order valence-corrected chi connectivity index (χ0v) is 9.80. The lowest BCUT2D eigenvalue weighted by Gasteiger charge is -2.27. The van der Waals surface area contributed by atoms with Gasteiger partial charge >= 0.3 is 0 Å². The number of halogens is 2. The Morgan fingerprint density at radius 1 is 1.36 bits per heavy atom. The quantitative estimate of drug-likeness (QED) is 0.628. The Kier molecular flexibility index (Phi) is 3.95. The average Bonchev–Trinajstić information content (AvgIpc) is 1.56. The molecule has 68 valence electrons. The highest BCUT2D eigenvalue weighted by molar-refractivity contribution is 8.08. The summed E-state index contributed by atoms with van der Waals surface area (Å²) in [6, 6.07) is 0. The number of hydrogen-bond donors (Lipinski definition) is 0. The Hall–Kier alpha value is 0.810. The van der Waals surface area contributed by atoms with Gasteiger partial charge in [0.25, 0.3) is 5.85 Å². The monoisotopic (exact) mass is 216 g/mol. The molecule has 0 fully saturated rings. The molecular weight excluding hydrogens is 202 g/mol. The van der Waals surface area contributed by atoms with E-state index in [1.54, 1.807) is 0 Å². The molecule has 1 atom stereocenters. The van der Waals surface area contributed by atoms with E-state index in [1.807, 2.05) is 6.92 Å². The number of hydrogen-bond acceptors (Lipinski definition) is 1. The van der Waals surface area contributed by atoms with Gasteiger partial charge in [-0.1, -0.05) is 27.7 Å². The van der Waals surface area contributed by atoms with E-state index in [-0.39, 0.29) is 11.3 Å². The summed E-state index contributed by atoms with van der Waals surface area (Å²) in [7, 11) is 0. The van der Waals surface area contributed by atoms with Crippen LogP contribution >= 0.6 is 28.3 Å². The first kappa shape index (κ1) is 11.8. The van der Waals surface area contributed by atoms with Gasteiger partial charge in [-0.2, -0.15) is 0 Å². The fourth-order valence-electron chi connectivity index (χ4n) is 0.593. The summed E-state index contributed by atoms with van der Waals surface area (Å²) in [5, 5.41) is 0. The maximum atomic E-state index is 11.0. The lowest BCUT2D eigenvalue weighted by Crippen LogP contribution is -2.19. The molecule has 11 heavy (non-hydrogen) atoms. The van der Waals surface area contributed by atoms with E-state index in [2.05, 4.69) is 20.8 Å². The van der Waals surface area contributed by atoms with Crippen LogP contribution in [0.5, 0.6) is 0 Å². The van der Waals surface area contributed by atoms with Crippen LogP contribution in [0, 0.1) is 11.3 Å². The third kappa shape index (κ3) is 6.02. The van der Waals surface area contributed by atoms with E-state index in [1.165, 1.54) is 0 Å². The second kappa shape index (κ2) is 3.68. The summed E-state index contributed by atoms with van der Waals surface area (Å²) in [6.45, 7) is 8.26. The maximum absolute atomic E-state index is 11.0. The zero-order chi connectivity index (χ0) is 9.28. The van der Waals surface area contributed by atoms with Gasteiger partial charge in [0.05, 0.1) is 0 Å². The molecule has 0 radical (unpaired) electrons. The highest BCUT2D eigenvalue weighted by atomic mass is 35.9. The minimum atomic E-state index is -2.87. The van der Waals surface area contributed by atoms with E-state index in [4.69, 9.17) is 22.5 Å². The Morgan fingerprint density at radius 2 is 1.73 bits per heavy atom. The van der Waals surface area contributed by atoms with Crippen molar-refractivity contribution in [1.82, 2.24) is 0 Å². The third-order valence-corrected chi connectivity index (χ3v) is 3.77. The molecule has 0 aromatic rings. The van der Waals surface area contributed by atoms with E-state index < -0.39 is 5.85 Å². The van der Waals surface area contributed by atoms with Crippen molar-refractivity contribution in [3.8, 4) is 0 Å². The van der Waals surface area contributed by atoms with Crippen LogP contribution in [0.4, 0.5) is 0 Å². The van der Waals surface area contributed by atoms with Crippen molar-refractivity contribution in [1.29, 1.82) is 0 Å². The fourth-order valence-corrected chi connectivity index (χ4v) is 3.02. The summed E-state index contributed by atoms with van der Waals surface area (Å²) in [4.78, 5) is 0. The van der Waals surface area contributed by atoms with Gasteiger partial charge in [-0.25, -0.2) is 0 Å². The second-order valence-corrected chi connectivity index (χ2v) is 9.32. The first-order valence-corrected chi connectivity index (χ1v) is 7.31. The summed E-state index contributed by atoms with van der Waals surface area (Å²) in [5.74, 6) is -2.59. The molecule has 0 N–H and O–H groups in total. The molecule has 0 saturated heterocycles. The van der Waals surface area contributed by atoms with Crippen molar-refractivity contribution >= 4 is 28.3 Å². The van der Waals surface area contributed by atoms with Gasteiger partial charge in [0.2, 0.25) is 0 Å². The lowest BCUT2D eigenvalue weighted by molar-refractivity contribution is 0.286. The first-order chi connectivity index (χ1) is 4.63. The van der Waals surface area contributed by atoms with E-state index in [9.17, 15) is 4.57 Å². The van der Waals surface area contributed by atoms with Gasteiger partial charge in [-0.15, -0.1) is 0 Å². The Bertz CT molecular complexity index is 168. The molecule has 0 bridgehead atoms. The van der Waals surface area contributed by atoms with Crippen molar-refractivity contribution in [2.24, 2.45) is 11.3 Å². The predicted octanol–water partition coefficient (Wildman–Crippen LogP) is 4.34. The molecule has 0 saturated carbocycles. The zero-order valence-electron chi connectivity index (χ0n) is 7.40. The number of rotatable bonds is 2. The highest BCUT2D eigenvalue weighted by Gasteiger charge is 2.27. The molecule has 0 aromatic heterocycles. The summed E-state index contributed by atoms with van der Waals surface area (Å²) < 4.78 is 11.0. The van der Waals surface area contributed by atoms with Gasteiger partial charge in [-0.05, 0) is 33.8 Å². The minimum absolute atomic E-state index is 0.124. The smallest absolute Gasteiger partial charge is 0.253 e. The van der Waals surface area contributed by atoms with Gasteiger partial charge in [0, 0.05) is 6.16 Å². The van der Waals surface area contributed by atoms with Gasteiger partial charge in [0.15, 0.2) is 0 Å². The van der Waals surface area contributed by atoms with Crippen LogP contribution in [-0.4, -0.2) is 6.16 Å². The Labute approximate surface area is 78.4 Å². The van der Waals surface area contributed by atoms with Crippen molar-refractivity contribution in [2.75, 3.05) is 6.16 Å². The molecule has 1 unspecified atom stereocenters. The van der Waals surface area contributed by atoms with Gasteiger partial charge < -0.3 is 0 Å². The SMILES string of the molecule is CC(CP(=O)(Cl)Cl)C(C)(C)C. The van der Waals surface area contributed by atoms with Crippen LogP contribution in [0.15, 0.2) is 0 Å². The van der Waals surface area contributed by atoms with Crippen molar-refractivity contribution in [3.63, 3.8) is 0 Å². The van der Waals surface area contributed by atoms with Crippen LogP contribution in [0.3, 0.4) is 0 Å². The van der Waals surface area contributed by atoms with Crippen LogP contribution in [-0.2, 0) is 4.57 Å². The first-order valence-electron chi connectivity index (χ1n) is 3.61. The van der Waals surface area contributed by atoms with Crippen molar-refractivity contribution < 1.29 is 4.57 Å². The van der Waals surface area contributed by atoms with E-state index in [0.29, 0.717) is 6.16 Å². The molecular formula is C7H15Cl2OP. The largest absolute Gasteiger partial charge is 0.289 e. The molecule has 0 spiro atoms. The molecule has 0 heterocycles. The van der Waals surface area contributed by atoms with Crippen LogP contribution in [0.25, 0.3) is 0 Å². The normalized spacial score (nSPS) is 16.5. The maximum Gasteiger partial charge on any atom is 0.253 e. The summed E-state index contributed by atoms with van der Waals surface area (Å²) >= 11 is 10.9. The van der Waals surface area contributed by atoms with Crippen molar-refractivity contribution in [2.45, 2.75) is 27.7 Å². The molecule has 1 nitrogen and oxygen atoms in total. The Balaban J connectivity index is 4.10. The Morgan fingerprint density at radius 3 is 1.82 bits per heavy atom. The molecule has 0 aliphatic carbocycles. The second-order valence-electron chi connectivity index (χ2n) is 4.02. The third-order valence-electron chi connectivity index (χ3n) is 1.96. The summed E-state index contributed by atoms with van der Waals surface area (Å²) in [6.07, 6.45) is 0.402. The molecule has 0 aromatic carbocycles. The highest BCUT2D eigenvalue weighted by Crippen LogP contribution is 2.59. The summed E-state index contributed by atoms with van der Waals surface area (Å²) in [5.41, 5.74) is 0.124. The molecule has 0 aliphatic heterocycles. The average molecular weight is 217 g/mol. The molecule has 0 aliphatic rings. The van der Waals surface area contributed by atoms with Crippen LogP contribution in [0.1, 0.15) is 27.7 Å². The van der Waals surface area contributed by atoms with Crippen molar-refractivity contribution in [3.05, 3.63) is 0 Å². The fraction of sp³-hybridized carbons (Fsp3) is 1.00. The molecule has 0 rings (SSSR count). The van der Waals surface area contributed by atoms with E-state index >= 15 is 0 Å². The minimum Gasteiger partial charge on any atom is -0.289 e. The van der Waals surface area contributed by atoms with Crippen LogP contribution in [0.2, 0.25) is 0 Å².